The molecular weight excluding hydrogens is 300 g/mol. The van der Waals surface area contributed by atoms with Crippen molar-refractivity contribution in [2.24, 2.45) is 5.73 Å². The van der Waals surface area contributed by atoms with Crippen LogP contribution in [0.1, 0.15) is 62.5 Å². The Hall–Kier alpha value is -2.14. The summed E-state index contributed by atoms with van der Waals surface area (Å²) in [7, 11) is 0. The summed E-state index contributed by atoms with van der Waals surface area (Å²) in [5, 5.41) is 8.07. The van der Waals surface area contributed by atoms with Crippen molar-refractivity contribution in [1.82, 2.24) is 15.1 Å². The van der Waals surface area contributed by atoms with Crippen LogP contribution in [0, 0.1) is 0 Å². The van der Waals surface area contributed by atoms with Crippen LogP contribution in [0.3, 0.4) is 0 Å². The highest BCUT2D eigenvalue weighted by atomic mass is 16.1. The maximum atomic E-state index is 12.0. The Kier molecular flexibility index (Phi) is 4.45. The summed E-state index contributed by atoms with van der Waals surface area (Å²) in [5.41, 5.74) is 8.98. The first-order valence-electron chi connectivity index (χ1n) is 8.55. The minimum absolute atomic E-state index is 0.0437. The molecule has 1 aromatic carbocycles. The number of primary amides is 1. The molecule has 0 aliphatic heterocycles. The molecule has 3 N–H and O–H groups in total. The van der Waals surface area contributed by atoms with Crippen molar-refractivity contribution in [1.29, 1.82) is 0 Å². The lowest BCUT2D eigenvalue weighted by atomic mass is 9.91. The molecule has 128 valence electrons. The molecule has 5 heteroatoms. The average Bonchev–Trinajstić information content (AvgIpc) is 2.98. The van der Waals surface area contributed by atoms with E-state index in [1.165, 1.54) is 11.3 Å². The molecule has 0 unspecified atom stereocenters. The zero-order valence-corrected chi connectivity index (χ0v) is 14.6. The topological polar surface area (TPSA) is 72.9 Å². The number of rotatable bonds is 4. The second-order valence-electron chi connectivity index (χ2n) is 7.49. The number of amides is 1. The predicted molar refractivity (Wildman–Crippen MR) is 94.4 cm³/mol. The number of hydrogen-bond acceptors (Lipinski definition) is 3. The molecule has 0 spiro atoms. The number of nitrogens with one attached hydrogen (secondary N) is 1. The number of carbonyl (C=O) groups excluding carboxylic acids is 1. The van der Waals surface area contributed by atoms with E-state index in [4.69, 9.17) is 5.73 Å². The summed E-state index contributed by atoms with van der Waals surface area (Å²) in [4.78, 5) is 12.0. The molecule has 0 fully saturated rings. The Morgan fingerprint density at radius 2 is 2.04 bits per heavy atom. The third-order valence-electron chi connectivity index (χ3n) is 4.60. The van der Waals surface area contributed by atoms with Crippen LogP contribution in [-0.4, -0.2) is 15.7 Å². The minimum Gasteiger partial charge on any atom is -0.368 e. The summed E-state index contributed by atoms with van der Waals surface area (Å²) in [6.45, 7) is 6.48. The zero-order valence-electron chi connectivity index (χ0n) is 14.6. The van der Waals surface area contributed by atoms with E-state index in [0.717, 1.165) is 24.8 Å². The molecule has 5 nitrogen and oxygen atoms in total. The van der Waals surface area contributed by atoms with Gasteiger partial charge in [-0.15, -0.1) is 0 Å². The normalized spacial score (nSPS) is 18.9. The Labute approximate surface area is 143 Å². The van der Waals surface area contributed by atoms with Gasteiger partial charge in [0, 0.05) is 17.3 Å². The van der Waals surface area contributed by atoms with E-state index >= 15 is 0 Å². The van der Waals surface area contributed by atoms with Crippen molar-refractivity contribution in [2.45, 2.75) is 57.7 Å². The molecule has 24 heavy (non-hydrogen) atoms. The molecular formula is C19H26N4O. The molecule has 0 bridgehead atoms. The van der Waals surface area contributed by atoms with E-state index in [2.05, 4.69) is 35.9 Å². The smallest absolute Gasteiger partial charge is 0.239 e. The van der Waals surface area contributed by atoms with E-state index in [0.29, 0.717) is 0 Å². The van der Waals surface area contributed by atoms with Crippen molar-refractivity contribution in [2.75, 3.05) is 0 Å². The number of hydrogen-bond donors (Lipinski definition) is 2. The quantitative estimate of drug-likeness (QED) is 0.907. The molecule has 2 atom stereocenters. The van der Waals surface area contributed by atoms with Gasteiger partial charge in [0.25, 0.3) is 0 Å². The van der Waals surface area contributed by atoms with Crippen molar-refractivity contribution in [3.8, 4) is 0 Å². The van der Waals surface area contributed by atoms with Crippen LogP contribution in [0.25, 0.3) is 0 Å². The fraction of sp³-hybridized carbons (Fsp3) is 0.474. The SMILES string of the molecule is CC(C)(C)n1ncc2c1CCC[C@@H]2N[C@H](C(N)=O)c1ccccc1. The number of aromatic nitrogens is 2. The molecule has 1 heterocycles. The molecule has 0 saturated heterocycles. The summed E-state index contributed by atoms with van der Waals surface area (Å²) < 4.78 is 2.11. The highest BCUT2D eigenvalue weighted by Crippen LogP contribution is 2.33. The van der Waals surface area contributed by atoms with Gasteiger partial charge in [0.1, 0.15) is 6.04 Å². The fourth-order valence-electron chi connectivity index (χ4n) is 3.50. The van der Waals surface area contributed by atoms with Gasteiger partial charge >= 0.3 is 0 Å². The molecule has 1 aliphatic carbocycles. The summed E-state index contributed by atoms with van der Waals surface area (Å²) in [5.74, 6) is -0.350. The van der Waals surface area contributed by atoms with Crippen LogP contribution in [0.4, 0.5) is 0 Å². The second kappa shape index (κ2) is 6.40. The van der Waals surface area contributed by atoms with E-state index in [-0.39, 0.29) is 17.5 Å². The summed E-state index contributed by atoms with van der Waals surface area (Å²) >= 11 is 0. The van der Waals surface area contributed by atoms with Crippen LogP contribution in [0.15, 0.2) is 36.5 Å². The standard InChI is InChI=1S/C19H26N4O/c1-19(2,3)23-16-11-7-10-15(14(16)12-21-23)22-17(18(20)24)13-8-5-4-6-9-13/h4-6,8-9,12,15,17,22H,7,10-11H2,1-3H3,(H2,20,24)/t15-,17-/m0/s1. The van der Waals surface area contributed by atoms with E-state index in [9.17, 15) is 4.79 Å². The van der Waals surface area contributed by atoms with Crippen LogP contribution in [0.2, 0.25) is 0 Å². The highest BCUT2D eigenvalue weighted by Gasteiger charge is 2.30. The third kappa shape index (κ3) is 3.22. The Morgan fingerprint density at radius 3 is 2.67 bits per heavy atom. The molecule has 1 aliphatic rings. The lowest BCUT2D eigenvalue weighted by molar-refractivity contribution is -0.120. The molecule has 3 rings (SSSR count). The number of fused-ring (bicyclic) bond motifs is 1. The Morgan fingerprint density at radius 1 is 1.33 bits per heavy atom. The first-order chi connectivity index (χ1) is 11.4. The largest absolute Gasteiger partial charge is 0.368 e. The van der Waals surface area contributed by atoms with E-state index < -0.39 is 6.04 Å². The van der Waals surface area contributed by atoms with Gasteiger partial charge in [0.15, 0.2) is 0 Å². The van der Waals surface area contributed by atoms with Gasteiger partial charge in [-0.05, 0) is 45.6 Å². The van der Waals surface area contributed by atoms with Gasteiger partial charge in [-0.25, -0.2) is 0 Å². The average molecular weight is 326 g/mol. The molecule has 1 amide bonds. The van der Waals surface area contributed by atoms with Crippen molar-refractivity contribution in [3.05, 3.63) is 53.3 Å². The van der Waals surface area contributed by atoms with Crippen molar-refractivity contribution >= 4 is 5.91 Å². The Balaban J connectivity index is 1.89. The number of benzene rings is 1. The van der Waals surface area contributed by atoms with Crippen molar-refractivity contribution in [3.63, 3.8) is 0 Å². The van der Waals surface area contributed by atoms with Crippen LogP contribution in [-0.2, 0) is 16.8 Å². The molecule has 2 aromatic rings. The van der Waals surface area contributed by atoms with Crippen LogP contribution in [0.5, 0.6) is 0 Å². The van der Waals surface area contributed by atoms with Gasteiger partial charge in [0.05, 0.1) is 11.7 Å². The highest BCUT2D eigenvalue weighted by molar-refractivity contribution is 5.81. The third-order valence-corrected chi connectivity index (χ3v) is 4.60. The Bertz CT molecular complexity index is 715. The van der Waals surface area contributed by atoms with Gasteiger partial charge in [-0.3, -0.25) is 14.8 Å². The second-order valence-corrected chi connectivity index (χ2v) is 7.49. The van der Waals surface area contributed by atoms with Gasteiger partial charge in [0.2, 0.25) is 5.91 Å². The van der Waals surface area contributed by atoms with Crippen LogP contribution >= 0.6 is 0 Å². The number of carbonyl (C=O) groups is 1. The lowest BCUT2D eigenvalue weighted by Crippen LogP contribution is -2.37. The maximum absolute atomic E-state index is 12.0. The van der Waals surface area contributed by atoms with Gasteiger partial charge < -0.3 is 5.73 Å². The van der Waals surface area contributed by atoms with E-state index in [1.807, 2.05) is 36.5 Å². The number of nitrogens with zero attached hydrogens (tertiary/aromatic N) is 2. The maximum Gasteiger partial charge on any atom is 0.239 e. The molecule has 0 saturated carbocycles. The van der Waals surface area contributed by atoms with Crippen LogP contribution < -0.4 is 11.1 Å². The fourth-order valence-corrected chi connectivity index (χ4v) is 3.50. The summed E-state index contributed by atoms with van der Waals surface area (Å²) in [6.07, 6.45) is 5.03. The summed E-state index contributed by atoms with van der Waals surface area (Å²) in [6, 6.07) is 9.28. The predicted octanol–water partition coefficient (Wildman–Crippen LogP) is 2.83. The minimum atomic E-state index is -0.486. The molecule has 1 aromatic heterocycles. The van der Waals surface area contributed by atoms with Crippen molar-refractivity contribution < 1.29 is 4.79 Å². The van der Waals surface area contributed by atoms with Gasteiger partial charge in [-0.1, -0.05) is 30.3 Å². The number of nitrogens with two attached hydrogens (primary N) is 1. The van der Waals surface area contributed by atoms with E-state index in [1.54, 1.807) is 0 Å². The zero-order chi connectivity index (χ0) is 17.3. The lowest BCUT2D eigenvalue weighted by Gasteiger charge is -2.30. The molecule has 0 radical (unpaired) electrons. The first-order valence-corrected chi connectivity index (χ1v) is 8.55. The monoisotopic (exact) mass is 326 g/mol. The van der Waals surface area contributed by atoms with Gasteiger partial charge in [-0.2, -0.15) is 5.10 Å². The first kappa shape index (κ1) is 16.7.